The van der Waals surface area contributed by atoms with Crippen LogP contribution in [0.4, 0.5) is 0 Å². The smallest absolute Gasteiger partial charge is 0.0872 e. The van der Waals surface area contributed by atoms with Gasteiger partial charge in [-0.3, -0.25) is 16.2 Å². The first-order chi connectivity index (χ1) is 9.76. The molecule has 2 saturated heterocycles. The summed E-state index contributed by atoms with van der Waals surface area (Å²) < 4.78 is 6.03. The molecule has 1 aromatic rings. The van der Waals surface area contributed by atoms with Crippen LogP contribution in [0.1, 0.15) is 18.4 Å². The number of ether oxygens (including phenoxy) is 1. The average molecular weight is 296 g/mol. The number of halogens is 1. The zero-order valence-corrected chi connectivity index (χ0v) is 12.4. The number of nitrogens with two attached hydrogens (primary N) is 1. The van der Waals surface area contributed by atoms with Crippen molar-refractivity contribution in [2.24, 2.45) is 5.84 Å². The van der Waals surface area contributed by atoms with E-state index in [9.17, 15) is 0 Å². The molecule has 110 valence electrons. The van der Waals surface area contributed by atoms with Crippen LogP contribution in [0.5, 0.6) is 0 Å². The molecule has 0 radical (unpaired) electrons. The normalized spacial score (nSPS) is 28.3. The first-order valence-corrected chi connectivity index (χ1v) is 7.70. The highest BCUT2D eigenvalue weighted by atomic mass is 35.5. The van der Waals surface area contributed by atoms with E-state index in [2.05, 4.69) is 16.4 Å². The zero-order valence-electron chi connectivity index (χ0n) is 11.6. The van der Waals surface area contributed by atoms with Crippen LogP contribution in [0.2, 0.25) is 5.02 Å². The Labute approximate surface area is 125 Å². The summed E-state index contributed by atoms with van der Waals surface area (Å²) >= 11 is 6.04. The molecular weight excluding hydrogens is 274 g/mol. The fraction of sp³-hybridized carbons (Fsp3) is 0.600. The van der Waals surface area contributed by atoms with Crippen LogP contribution in [0.25, 0.3) is 0 Å². The lowest BCUT2D eigenvalue weighted by atomic mass is 10.00. The van der Waals surface area contributed by atoms with Crippen molar-refractivity contribution in [1.29, 1.82) is 0 Å². The van der Waals surface area contributed by atoms with Crippen LogP contribution < -0.4 is 11.3 Å². The minimum absolute atomic E-state index is 0.120. The Bertz CT molecular complexity index is 456. The van der Waals surface area contributed by atoms with Crippen LogP contribution in [-0.2, 0) is 11.2 Å². The van der Waals surface area contributed by atoms with Crippen molar-refractivity contribution in [2.75, 3.05) is 19.7 Å². The lowest BCUT2D eigenvalue weighted by Crippen LogP contribution is -2.56. The van der Waals surface area contributed by atoms with Gasteiger partial charge >= 0.3 is 0 Å². The quantitative estimate of drug-likeness (QED) is 0.654. The number of benzene rings is 1. The van der Waals surface area contributed by atoms with Crippen molar-refractivity contribution in [3.8, 4) is 0 Å². The van der Waals surface area contributed by atoms with E-state index in [1.54, 1.807) is 0 Å². The summed E-state index contributed by atoms with van der Waals surface area (Å²) in [7, 11) is 0. The third kappa shape index (κ3) is 3.15. The van der Waals surface area contributed by atoms with E-state index in [1.165, 1.54) is 24.9 Å². The first-order valence-electron chi connectivity index (χ1n) is 7.32. The number of nitrogens with one attached hydrogen (secondary N) is 1. The van der Waals surface area contributed by atoms with Crippen LogP contribution in [0.3, 0.4) is 0 Å². The predicted octanol–water partition coefficient (Wildman–Crippen LogP) is 1.58. The summed E-state index contributed by atoms with van der Waals surface area (Å²) in [5.41, 5.74) is 4.11. The number of hydrazine groups is 1. The third-order valence-corrected chi connectivity index (χ3v) is 4.66. The fourth-order valence-corrected chi connectivity index (χ4v) is 3.51. The minimum Gasteiger partial charge on any atom is -0.374 e. The Morgan fingerprint density at radius 2 is 2.40 bits per heavy atom. The molecule has 0 amide bonds. The Balaban J connectivity index is 1.64. The molecule has 2 fully saturated rings. The van der Waals surface area contributed by atoms with Gasteiger partial charge in [0.1, 0.15) is 0 Å². The van der Waals surface area contributed by atoms with E-state index >= 15 is 0 Å². The predicted molar refractivity (Wildman–Crippen MR) is 80.6 cm³/mol. The summed E-state index contributed by atoms with van der Waals surface area (Å²) in [5.74, 6) is 5.75. The van der Waals surface area contributed by atoms with Gasteiger partial charge in [-0.1, -0.05) is 23.7 Å². The zero-order chi connectivity index (χ0) is 13.9. The molecule has 0 spiro atoms. The largest absolute Gasteiger partial charge is 0.374 e. The molecule has 0 aliphatic carbocycles. The Morgan fingerprint density at radius 1 is 1.50 bits per heavy atom. The SMILES string of the molecule is NNC(Cc1cccc(Cl)c1)C1CN2CCCC2CO1. The maximum atomic E-state index is 6.04. The van der Waals surface area contributed by atoms with Crippen LogP contribution in [0, 0.1) is 0 Å². The maximum absolute atomic E-state index is 6.04. The van der Waals surface area contributed by atoms with Gasteiger partial charge in [-0.2, -0.15) is 0 Å². The molecule has 4 nitrogen and oxygen atoms in total. The first kappa shape index (κ1) is 14.3. The van der Waals surface area contributed by atoms with Crippen molar-refractivity contribution in [3.05, 3.63) is 34.9 Å². The van der Waals surface area contributed by atoms with E-state index in [0.717, 1.165) is 24.6 Å². The summed E-state index contributed by atoms with van der Waals surface area (Å²) in [5, 5.41) is 0.766. The summed E-state index contributed by atoms with van der Waals surface area (Å²) in [6.07, 6.45) is 3.53. The maximum Gasteiger partial charge on any atom is 0.0872 e. The van der Waals surface area contributed by atoms with Gasteiger partial charge in [0.2, 0.25) is 0 Å². The lowest BCUT2D eigenvalue weighted by molar-refractivity contribution is -0.0644. The molecule has 0 saturated carbocycles. The van der Waals surface area contributed by atoms with Gasteiger partial charge in [-0.25, -0.2) is 0 Å². The molecule has 20 heavy (non-hydrogen) atoms. The highest BCUT2D eigenvalue weighted by molar-refractivity contribution is 6.30. The Hall–Kier alpha value is -0.650. The molecule has 0 bridgehead atoms. The van der Waals surface area contributed by atoms with E-state index in [0.29, 0.717) is 6.04 Å². The number of hydrogen-bond donors (Lipinski definition) is 2. The van der Waals surface area contributed by atoms with E-state index in [4.69, 9.17) is 22.2 Å². The average Bonchev–Trinajstić information content (AvgIpc) is 2.92. The van der Waals surface area contributed by atoms with Crippen LogP contribution >= 0.6 is 11.6 Å². The molecule has 0 aromatic heterocycles. The van der Waals surface area contributed by atoms with E-state index in [1.807, 2.05) is 18.2 Å². The second-order valence-electron chi connectivity index (χ2n) is 5.77. The monoisotopic (exact) mass is 295 g/mol. The van der Waals surface area contributed by atoms with Crippen molar-refractivity contribution in [1.82, 2.24) is 10.3 Å². The number of nitrogens with zero attached hydrogens (tertiary/aromatic N) is 1. The molecule has 3 N–H and O–H groups in total. The molecule has 2 aliphatic heterocycles. The van der Waals surface area contributed by atoms with Crippen LogP contribution in [-0.4, -0.2) is 42.8 Å². The van der Waals surface area contributed by atoms with Gasteiger partial charge in [0, 0.05) is 17.6 Å². The van der Waals surface area contributed by atoms with Crippen LogP contribution in [0.15, 0.2) is 24.3 Å². The summed E-state index contributed by atoms with van der Waals surface area (Å²) in [4.78, 5) is 2.54. The fourth-order valence-electron chi connectivity index (χ4n) is 3.30. The third-order valence-electron chi connectivity index (χ3n) is 4.42. The molecule has 1 aromatic carbocycles. The molecule has 2 aliphatic rings. The highest BCUT2D eigenvalue weighted by Crippen LogP contribution is 2.24. The van der Waals surface area contributed by atoms with E-state index < -0.39 is 0 Å². The van der Waals surface area contributed by atoms with Crippen molar-refractivity contribution in [3.63, 3.8) is 0 Å². The molecule has 3 unspecified atom stereocenters. The minimum atomic E-state index is 0.120. The summed E-state index contributed by atoms with van der Waals surface area (Å²) in [6.45, 7) is 3.00. The summed E-state index contributed by atoms with van der Waals surface area (Å²) in [6, 6.07) is 8.68. The lowest BCUT2D eigenvalue weighted by Gasteiger charge is -2.38. The molecule has 2 heterocycles. The molecule has 3 rings (SSSR count). The Kier molecular flexibility index (Phi) is 4.58. The van der Waals surface area contributed by atoms with Gasteiger partial charge < -0.3 is 4.74 Å². The number of hydrogen-bond acceptors (Lipinski definition) is 4. The van der Waals surface area contributed by atoms with Crippen molar-refractivity contribution in [2.45, 2.75) is 37.5 Å². The molecule has 3 atom stereocenters. The Morgan fingerprint density at radius 3 is 3.20 bits per heavy atom. The van der Waals surface area contributed by atoms with Gasteiger partial charge in [0.25, 0.3) is 0 Å². The molecule has 5 heteroatoms. The number of rotatable bonds is 4. The van der Waals surface area contributed by atoms with Gasteiger partial charge in [0.15, 0.2) is 0 Å². The second-order valence-corrected chi connectivity index (χ2v) is 6.21. The number of fused-ring (bicyclic) bond motifs is 1. The van der Waals surface area contributed by atoms with Crippen molar-refractivity contribution >= 4 is 11.6 Å². The molecular formula is C15H22ClN3O. The van der Waals surface area contributed by atoms with Gasteiger partial charge in [-0.05, 0) is 43.5 Å². The topological polar surface area (TPSA) is 50.5 Å². The standard InChI is InChI=1S/C15H22ClN3O/c16-12-4-1-3-11(7-12)8-14(18-17)15-9-19-6-2-5-13(19)10-20-15/h1,3-4,7,13-15,18H,2,5-6,8-10,17H2. The van der Waals surface area contributed by atoms with Crippen molar-refractivity contribution < 1.29 is 4.74 Å². The highest BCUT2D eigenvalue weighted by Gasteiger charge is 2.35. The van der Waals surface area contributed by atoms with Gasteiger partial charge in [-0.15, -0.1) is 0 Å². The second kappa shape index (κ2) is 6.41. The van der Waals surface area contributed by atoms with Gasteiger partial charge in [0.05, 0.1) is 18.8 Å². The van der Waals surface area contributed by atoms with E-state index in [-0.39, 0.29) is 12.1 Å². The number of morpholine rings is 1.